The number of hydrogen-bond donors (Lipinski definition) is 1. The molecule has 3 aromatic rings. The number of aromatic nitrogens is 1. The summed E-state index contributed by atoms with van der Waals surface area (Å²) in [5, 5.41) is 17.1. The van der Waals surface area contributed by atoms with Crippen LogP contribution >= 0.6 is 34.3 Å². The van der Waals surface area contributed by atoms with Crippen molar-refractivity contribution < 1.29 is 9.72 Å². The van der Waals surface area contributed by atoms with Gasteiger partial charge in [-0.2, -0.15) is 0 Å². The van der Waals surface area contributed by atoms with Gasteiger partial charge in [-0.25, -0.2) is 4.98 Å². The Morgan fingerprint density at radius 1 is 1.35 bits per heavy atom. The number of hydrogen-bond acceptors (Lipinski definition) is 6. The maximum atomic E-state index is 12.2. The first-order chi connectivity index (χ1) is 12.4. The summed E-state index contributed by atoms with van der Waals surface area (Å²) in [6, 6.07) is 8.03. The molecule has 1 amide bonds. The second-order valence-electron chi connectivity index (χ2n) is 5.44. The van der Waals surface area contributed by atoms with Gasteiger partial charge in [0.15, 0.2) is 0 Å². The van der Waals surface area contributed by atoms with Gasteiger partial charge in [-0.15, -0.1) is 22.7 Å². The van der Waals surface area contributed by atoms with Crippen LogP contribution in [0.5, 0.6) is 0 Å². The lowest BCUT2D eigenvalue weighted by molar-refractivity contribution is -0.385. The highest BCUT2D eigenvalue weighted by Gasteiger charge is 2.20. The molecule has 134 valence electrons. The second kappa shape index (κ2) is 7.94. The lowest BCUT2D eigenvalue weighted by Crippen LogP contribution is -2.26. The molecule has 2 aromatic heterocycles. The number of nitrogens with zero attached hydrogens (tertiary/aromatic N) is 2. The summed E-state index contributed by atoms with van der Waals surface area (Å²) in [6.07, 6.45) is 0.640. The number of nitro groups is 1. The molecule has 3 rings (SSSR count). The van der Waals surface area contributed by atoms with Crippen molar-refractivity contribution in [2.45, 2.75) is 13.3 Å². The van der Waals surface area contributed by atoms with Crippen LogP contribution in [0.1, 0.15) is 20.2 Å². The Bertz CT molecular complexity index is 968. The summed E-state index contributed by atoms with van der Waals surface area (Å²) >= 11 is 9.00. The number of halogens is 1. The zero-order valence-electron chi connectivity index (χ0n) is 13.7. The SMILES string of the molecule is Cc1nc(-c2ccc(CCNC(=O)c3ccc(Cl)cc3[N+](=O)[O-])s2)cs1. The highest BCUT2D eigenvalue weighted by molar-refractivity contribution is 7.16. The van der Waals surface area contributed by atoms with Crippen molar-refractivity contribution in [3.8, 4) is 10.6 Å². The number of nitrogens with one attached hydrogen (secondary N) is 1. The van der Waals surface area contributed by atoms with Crippen LogP contribution in [0, 0.1) is 17.0 Å². The number of carbonyl (C=O) groups excluding carboxylic acids is 1. The maximum Gasteiger partial charge on any atom is 0.283 e. The third kappa shape index (κ3) is 4.27. The lowest BCUT2D eigenvalue weighted by atomic mass is 10.1. The molecule has 0 fully saturated rings. The molecule has 26 heavy (non-hydrogen) atoms. The van der Waals surface area contributed by atoms with E-state index in [4.69, 9.17) is 11.6 Å². The van der Waals surface area contributed by atoms with Crippen LogP contribution in [0.25, 0.3) is 10.6 Å². The van der Waals surface area contributed by atoms with Gasteiger partial charge in [-0.1, -0.05) is 11.6 Å². The monoisotopic (exact) mass is 407 g/mol. The highest BCUT2D eigenvalue weighted by atomic mass is 35.5. The van der Waals surface area contributed by atoms with E-state index in [-0.39, 0.29) is 16.3 Å². The molecule has 0 aliphatic carbocycles. The van der Waals surface area contributed by atoms with Gasteiger partial charge in [0.1, 0.15) is 5.56 Å². The first kappa shape index (κ1) is 18.5. The first-order valence-corrected chi connectivity index (χ1v) is 9.75. The van der Waals surface area contributed by atoms with E-state index in [1.807, 2.05) is 24.4 Å². The van der Waals surface area contributed by atoms with E-state index in [0.717, 1.165) is 20.5 Å². The molecule has 0 aliphatic rings. The summed E-state index contributed by atoms with van der Waals surface area (Å²) in [7, 11) is 0. The Hall–Kier alpha value is -2.29. The average molecular weight is 408 g/mol. The standard InChI is InChI=1S/C17H14ClN3O3S2/c1-10-20-14(9-25-10)16-5-3-12(26-16)6-7-19-17(22)13-4-2-11(18)8-15(13)21(23)24/h2-5,8-9H,6-7H2,1H3,(H,19,22). The van der Waals surface area contributed by atoms with Gasteiger partial charge in [0, 0.05) is 27.9 Å². The normalized spacial score (nSPS) is 10.7. The molecule has 0 aliphatic heterocycles. The third-order valence-electron chi connectivity index (χ3n) is 3.59. The minimum atomic E-state index is -0.609. The second-order valence-corrected chi connectivity index (χ2v) is 8.11. The van der Waals surface area contributed by atoms with Gasteiger partial charge in [-0.05, 0) is 37.6 Å². The van der Waals surface area contributed by atoms with E-state index in [2.05, 4.69) is 10.3 Å². The molecule has 1 aromatic carbocycles. The van der Waals surface area contributed by atoms with E-state index in [9.17, 15) is 14.9 Å². The summed E-state index contributed by atoms with van der Waals surface area (Å²) in [5.74, 6) is -0.486. The summed E-state index contributed by atoms with van der Waals surface area (Å²) in [4.78, 5) is 29.4. The number of carbonyl (C=O) groups is 1. The quantitative estimate of drug-likeness (QED) is 0.473. The molecular weight excluding hydrogens is 394 g/mol. The van der Waals surface area contributed by atoms with Gasteiger partial charge in [-0.3, -0.25) is 14.9 Å². The van der Waals surface area contributed by atoms with Crippen molar-refractivity contribution in [2.75, 3.05) is 6.54 Å². The number of thiazole rings is 1. The van der Waals surface area contributed by atoms with Crippen molar-refractivity contribution in [2.24, 2.45) is 0 Å². The average Bonchev–Trinajstić information content (AvgIpc) is 3.23. The summed E-state index contributed by atoms with van der Waals surface area (Å²) in [5.41, 5.74) is 0.668. The topological polar surface area (TPSA) is 85.1 Å². The maximum absolute atomic E-state index is 12.2. The van der Waals surface area contributed by atoms with Gasteiger partial charge in [0.25, 0.3) is 11.6 Å². The highest BCUT2D eigenvalue weighted by Crippen LogP contribution is 2.29. The van der Waals surface area contributed by atoms with Crippen molar-refractivity contribution in [1.29, 1.82) is 0 Å². The number of nitro benzene ring substituents is 1. The third-order valence-corrected chi connectivity index (χ3v) is 5.77. The Kier molecular flexibility index (Phi) is 5.65. The largest absolute Gasteiger partial charge is 0.351 e. The number of amides is 1. The minimum absolute atomic E-state index is 0.00390. The van der Waals surface area contributed by atoms with Crippen LogP contribution in [-0.4, -0.2) is 22.4 Å². The Labute approximate surface area is 162 Å². The predicted octanol–water partition coefficient (Wildman–Crippen LogP) is 4.71. The number of rotatable bonds is 6. The number of thiophene rings is 1. The lowest BCUT2D eigenvalue weighted by Gasteiger charge is -2.05. The molecular formula is C17H14ClN3O3S2. The van der Waals surface area contributed by atoms with Gasteiger partial charge in [0.2, 0.25) is 0 Å². The zero-order valence-corrected chi connectivity index (χ0v) is 16.1. The molecule has 0 saturated carbocycles. The number of benzene rings is 1. The molecule has 0 unspecified atom stereocenters. The smallest absolute Gasteiger partial charge is 0.283 e. The number of aryl methyl sites for hydroxylation is 1. The van der Waals surface area contributed by atoms with Crippen molar-refractivity contribution >= 4 is 45.9 Å². The van der Waals surface area contributed by atoms with E-state index >= 15 is 0 Å². The van der Waals surface area contributed by atoms with Crippen molar-refractivity contribution in [3.05, 3.63) is 66.3 Å². The molecule has 0 spiro atoms. The Morgan fingerprint density at radius 2 is 2.15 bits per heavy atom. The molecule has 0 saturated heterocycles. The van der Waals surface area contributed by atoms with Crippen LogP contribution in [0.4, 0.5) is 5.69 Å². The molecule has 9 heteroatoms. The van der Waals surface area contributed by atoms with Crippen LogP contribution < -0.4 is 5.32 Å². The van der Waals surface area contributed by atoms with E-state index in [1.165, 1.54) is 18.2 Å². The van der Waals surface area contributed by atoms with E-state index < -0.39 is 10.8 Å². The van der Waals surface area contributed by atoms with Crippen molar-refractivity contribution in [3.63, 3.8) is 0 Å². The first-order valence-electron chi connectivity index (χ1n) is 7.67. The van der Waals surface area contributed by atoms with E-state index in [0.29, 0.717) is 13.0 Å². The molecule has 0 bridgehead atoms. The Balaban J connectivity index is 1.61. The summed E-state index contributed by atoms with van der Waals surface area (Å²) < 4.78 is 0. The molecule has 0 radical (unpaired) electrons. The summed E-state index contributed by atoms with van der Waals surface area (Å²) in [6.45, 7) is 2.35. The fraction of sp³-hybridized carbons (Fsp3) is 0.176. The van der Waals surface area contributed by atoms with Gasteiger partial charge >= 0.3 is 0 Å². The molecule has 6 nitrogen and oxygen atoms in total. The van der Waals surface area contributed by atoms with Crippen LogP contribution in [-0.2, 0) is 6.42 Å². The molecule has 1 N–H and O–H groups in total. The van der Waals surface area contributed by atoms with Crippen LogP contribution in [0.15, 0.2) is 35.7 Å². The predicted molar refractivity (Wildman–Crippen MR) is 104 cm³/mol. The fourth-order valence-electron chi connectivity index (χ4n) is 2.37. The van der Waals surface area contributed by atoms with Gasteiger partial charge < -0.3 is 5.32 Å². The van der Waals surface area contributed by atoms with Crippen LogP contribution in [0.2, 0.25) is 5.02 Å². The minimum Gasteiger partial charge on any atom is -0.351 e. The molecule has 0 atom stereocenters. The van der Waals surface area contributed by atoms with Crippen LogP contribution in [0.3, 0.4) is 0 Å². The Morgan fingerprint density at radius 3 is 2.85 bits per heavy atom. The van der Waals surface area contributed by atoms with Crippen molar-refractivity contribution in [1.82, 2.24) is 10.3 Å². The molecule has 2 heterocycles. The van der Waals surface area contributed by atoms with Gasteiger partial charge in [0.05, 0.1) is 20.5 Å². The zero-order chi connectivity index (χ0) is 18.7. The van der Waals surface area contributed by atoms with E-state index in [1.54, 1.807) is 22.7 Å². The fourth-order valence-corrected chi connectivity index (χ4v) is 4.19.